The minimum Gasteiger partial charge on any atom is -0.478 e. The van der Waals surface area contributed by atoms with E-state index in [4.69, 9.17) is 5.11 Å². The molecule has 0 bridgehead atoms. The zero-order valence-corrected chi connectivity index (χ0v) is 8.04. The highest BCUT2D eigenvalue weighted by Crippen LogP contribution is 2.11. The third kappa shape index (κ3) is 2.32. The van der Waals surface area contributed by atoms with E-state index < -0.39 is 11.8 Å². The van der Waals surface area contributed by atoms with Gasteiger partial charge < -0.3 is 5.11 Å². The fourth-order valence-corrected chi connectivity index (χ4v) is 1.01. The Labute approximate surface area is 85.7 Å². The van der Waals surface area contributed by atoms with E-state index >= 15 is 0 Å². The van der Waals surface area contributed by atoms with Crippen LogP contribution in [-0.4, -0.2) is 21.8 Å². The van der Waals surface area contributed by atoms with Crippen LogP contribution in [0.3, 0.4) is 0 Å². The average Bonchev–Trinajstić information content (AvgIpc) is 2.16. The van der Waals surface area contributed by atoms with E-state index in [1.807, 2.05) is 0 Å². The van der Waals surface area contributed by atoms with Gasteiger partial charge in [-0.3, -0.25) is 4.98 Å². The molecule has 0 aliphatic carbocycles. The predicted octanol–water partition coefficient (Wildman–Crippen LogP) is 1.86. The number of hydrogen-bond donors (Lipinski definition) is 2. The maximum absolute atomic E-state index is 13.3. The minimum absolute atomic E-state index is 0.0129. The monoisotopic (exact) mass is 213 g/mol. The summed E-state index contributed by atoms with van der Waals surface area (Å²) in [5.41, 5.74) is -0.363. The molecule has 14 heavy (non-hydrogen) atoms. The summed E-state index contributed by atoms with van der Waals surface area (Å²) in [7, 11) is 0. The number of halogens is 1. The van der Waals surface area contributed by atoms with E-state index in [2.05, 4.69) is 17.6 Å². The molecule has 1 aromatic rings. The predicted molar refractivity (Wildman–Crippen MR) is 54.0 cm³/mol. The van der Waals surface area contributed by atoms with E-state index in [0.717, 1.165) is 6.07 Å². The van der Waals surface area contributed by atoms with Crippen LogP contribution in [-0.2, 0) is 0 Å². The van der Waals surface area contributed by atoms with Gasteiger partial charge in [-0.25, -0.2) is 9.18 Å². The average molecular weight is 213 g/mol. The molecule has 0 aliphatic heterocycles. The summed E-state index contributed by atoms with van der Waals surface area (Å²) in [6.45, 7) is 0. The Kier molecular flexibility index (Phi) is 3.64. The van der Waals surface area contributed by atoms with Crippen LogP contribution < -0.4 is 0 Å². The number of carbonyl (C=O) groups is 1. The van der Waals surface area contributed by atoms with E-state index in [1.54, 1.807) is 6.08 Å². The van der Waals surface area contributed by atoms with Crippen LogP contribution in [0.4, 0.5) is 4.39 Å². The van der Waals surface area contributed by atoms with Gasteiger partial charge in [-0.15, -0.1) is 0 Å². The van der Waals surface area contributed by atoms with Crippen LogP contribution in [0, 0.1) is 5.82 Å². The highest BCUT2D eigenvalue weighted by atomic mass is 32.1. The normalized spacial score (nSPS) is 10.7. The van der Waals surface area contributed by atoms with Crippen molar-refractivity contribution in [2.45, 2.75) is 0 Å². The first kappa shape index (κ1) is 10.7. The van der Waals surface area contributed by atoms with E-state index in [1.165, 1.54) is 12.3 Å². The van der Waals surface area contributed by atoms with Gasteiger partial charge in [-0.1, -0.05) is 6.08 Å². The lowest BCUT2D eigenvalue weighted by Gasteiger charge is -1.99. The van der Waals surface area contributed by atoms with Gasteiger partial charge in [0.15, 0.2) is 5.82 Å². The number of carboxylic acid groups (broad SMARTS) is 1. The van der Waals surface area contributed by atoms with Gasteiger partial charge in [-0.2, -0.15) is 12.6 Å². The standard InChI is InChI=1S/C9H8FNO2S/c10-8-6(9(12)13)3-4-11-7(8)2-1-5-14/h1-4,14H,5H2,(H,12,13). The number of hydrogen-bond acceptors (Lipinski definition) is 3. The first-order valence-electron chi connectivity index (χ1n) is 3.82. The summed E-state index contributed by atoms with van der Waals surface area (Å²) in [6, 6.07) is 1.12. The number of nitrogens with zero attached hydrogens (tertiary/aromatic N) is 1. The Bertz CT molecular complexity index is 379. The molecule has 0 radical (unpaired) electrons. The quantitative estimate of drug-likeness (QED) is 0.753. The number of aromatic nitrogens is 1. The second-order valence-electron chi connectivity index (χ2n) is 2.45. The van der Waals surface area contributed by atoms with Gasteiger partial charge in [0.05, 0.1) is 11.3 Å². The molecule has 0 saturated carbocycles. The van der Waals surface area contributed by atoms with Crippen molar-refractivity contribution in [2.24, 2.45) is 0 Å². The van der Waals surface area contributed by atoms with Crippen molar-refractivity contribution in [2.75, 3.05) is 5.75 Å². The van der Waals surface area contributed by atoms with E-state index in [-0.39, 0.29) is 11.3 Å². The molecule has 0 amide bonds. The van der Waals surface area contributed by atoms with Crippen molar-refractivity contribution in [3.8, 4) is 0 Å². The molecule has 0 unspecified atom stereocenters. The largest absolute Gasteiger partial charge is 0.478 e. The Morgan fingerprint density at radius 1 is 1.71 bits per heavy atom. The topological polar surface area (TPSA) is 50.2 Å². The van der Waals surface area contributed by atoms with Crippen molar-refractivity contribution >= 4 is 24.7 Å². The third-order valence-electron chi connectivity index (χ3n) is 1.53. The Balaban J connectivity index is 3.14. The molecular weight excluding hydrogens is 205 g/mol. The Hall–Kier alpha value is -1.36. The van der Waals surface area contributed by atoms with Gasteiger partial charge in [0.1, 0.15) is 0 Å². The molecule has 0 spiro atoms. The highest BCUT2D eigenvalue weighted by Gasteiger charge is 2.12. The Morgan fingerprint density at radius 3 is 3.00 bits per heavy atom. The van der Waals surface area contributed by atoms with Crippen LogP contribution in [0.15, 0.2) is 18.3 Å². The van der Waals surface area contributed by atoms with E-state index in [9.17, 15) is 9.18 Å². The fraction of sp³-hybridized carbons (Fsp3) is 0.111. The smallest absolute Gasteiger partial charge is 0.338 e. The molecule has 0 atom stereocenters. The van der Waals surface area contributed by atoms with Crippen molar-refractivity contribution < 1.29 is 14.3 Å². The van der Waals surface area contributed by atoms with E-state index in [0.29, 0.717) is 5.75 Å². The number of pyridine rings is 1. The lowest BCUT2D eigenvalue weighted by atomic mass is 10.2. The zero-order valence-electron chi connectivity index (χ0n) is 7.14. The molecule has 1 rings (SSSR count). The molecule has 3 nitrogen and oxygen atoms in total. The van der Waals surface area contributed by atoms with Crippen molar-refractivity contribution in [1.29, 1.82) is 0 Å². The SMILES string of the molecule is O=C(O)c1ccnc(C=CCS)c1F. The van der Waals surface area contributed by atoms with Crippen LogP contribution >= 0.6 is 12.6 Å². The number of rotatable bonds is 3. The van der Waals surface area contributed by atoms with Crippen molar-refractivity contribution in [3.05, 3.63) is 35.4 Å². The number of carboxylic acids is 1. The van der Waals surface area contributed by atoms with Crippen LogP contribution in [0.5, 0.6) is 0 Å². The summed E-state index contributed by atoms with van der Waals surface area (Å²) >= 11 is 3.90. The summed E-state index contributed by atoms with van der Waals surface area (Å²) in [5, 5.41) is 8.61. The fourth-order valence-electron chi connectivity index (χ4n) is 0.906. The lowest BCUT2D eigenvalue weighted by molar-refractivity contribution is 0.0691. The van der Waals surface area contributed by atoms with Crippen LogP contribution in [0.25, 0.3) is 6.08 Å². The Morgan fingerprint density at radius 2 is 2.43 bits per heavy atom. The van der Waals surface area contributed by atoms with Gasteiger partial charge in [-0.05, 0) is 12.1 Å². The number of aromatic carboxylic acids is 1. The maximum atomic E-state index is 13.3. The van der Waals surface area contributed by atoms with Gasteiger partial charge >= 0.3 is 5.97 Å². The lowest BCUT2D eigenvalue weighted by Crippen LogP contribution is -2.03. The maximum Gasteiger partial charge on any atom is 0.338 e. The summed E-state index contributed by atoms with van der Waals surface area (Å²) in [6.07, 6.45) is 4.24. The molecule has 1 aromatic heterocycles. The van der Waals surface area contributed by atoms with Gasteiger partial charge in [0.2, 0.25) is 0 Å². The molecule has 74 valence electrons. The third-order valence-corrected chi connectivity index (χ3v) is 1.74. The van der Waals surface area contributed by atoms with Gasteiger partial charge in [0, 0.05) is 11.9 Å². The second-order valence-corrected chi connectivity index (χ2v) is 2.81. The molecule has 5 heteroatoms. The summed E-state index contributed by atoms with van der Waals surface area (Å²) < 4.78 is 13.3. The molecule has 0 saturated heterocycles. The molecule has 1 heterocycles. The zero-order chi connectivity index (χ0) is 10.6. The first-order valence-corrected chi connectivity index (χ1v) is 4.45. The first-order chi connectivity index (χ1) is 6.66. The highest BCUT2D eigenvalue weighted by molar-refractivity contribution is 7.80. The minimum atomic E-state index is -1.30. The molecule has 0 fully saturated rings. The van der Waals surface area contributed by atoms with Crippen molar-refractivity contribution in [3.63, 3.8) is 0 Å². The molecular formula is C9H8FNO2S. The number of thiol groups is 1. The van der Waals surface area contributed by atoms with Crippen LogP contribution in [0.2, 0.25) is 0 Å². The second kappa shape index (κ2) is 4.76. The van der Waals surface area contributed by atoms with Gasteiger partial charge in [0.25, 0.3) is 0 Å². The van der Waals surface area contributed by atoms with Crippen LogP contribution in [0.1, 0.15) is 16.1 Å². The summed E-state index contributed by atoms with van der Waals surface area (Å²) in [5.74, 6) is -1.68. The van der Waals surface area contributed by atoms with Crippen molar-refractivity contribution in [1.82, 2.24) is 4.98 Å². The molecule has 0 aromatic carbocycles. The molecule has 0 aliphatic rings. The molecule has 1 N–H and O–H groups in total. The summed E-state index contributed by atoms with van der Waals surface area (Å²) in [4.78, 5) is 14.2.